The minimum absolute atomic E-state index is 0.0115. The van der Waals surface area contributed by atoms with Crippen LogP contribution in [0.4, 0.5) is 11.4 Å². The normalized spacial score (nSPS) is 16.4. The molecule has 1 aliphatic rings. The van der Waals surface area contributed by atoms with E-state index in [1.54, 1.807) is 18.2 Å². The van der Waals surface area contributed by atoms with Crippen LogP contribution in [0.3, 0.4) is 0 Å². The van der Waals surface area contributed by atoms with Gasteiger partial charge in [0.25, 0.3) is 5.91 Å². The van der Waals surface area contributed by atoms with Crippen LogP contribution in [0.1, 0.15) is 20.3 Å². The number of carbonyl (C=O) groups excluding carboxylic acids is 2. The van der Waals surface area contributed by atoms with Crippen molar-refractivity contribution in [3.05, 3.63) is 18.2 Å². The third-order valence-corrected chi connectivity index (χ3v) is 3.44. The van der Waals surface area contributed by atoms with Crippen molar-refractivity contribution < 1.29 is 14.3 Å². The van der Waals surface area contributed by atoms with Crippen molar-refractivity contribution in [2.75, 3.05) is 17.2 Å². The molecule has 0 saturated carbocycles. The summed E-state index contributed by atoms with van der Waals surface area (Å²) in [5, 5.41) is 5.44. The van der Waals surface area contributed by atoms with Gasteiger partial charge in [-0.3, -0.25) is 9.59 Å². The van der Waals surface area contributed by atoms with Crippen molar-refractivity contribution >= 4 is 23.2 Å². The molecule has 0 spiro atoms. The molecule has 0 bridgehead atoms. The van der Waals surface area contributed by atoms with Crippen molar-refractivity contribution in [2.45, 2.75) is 26.3 Å². The first-order chi connectivity index (χ1) is 9.51. The van der Waals surface area contributed by atoms with E-state index in [0.29, 0.717) is 17.1 Å². The van der Waals surface area contributed by atoms with E-state index in [1.165, 1.54) is 0 Å². The Kier molecular flexibility index (Phi) is 4.24. The zero-order chi connectivity index (χ0) is 14.7. The first kappa shape index (κ1) is 14.3. The van der Waals surface area contributed by atoms with Crippen LogP contribution in [-0.2, 0) is 9.59 Å². The van der Waals surface area contributed by atoms with E-state index >= 15 is 0 Å². The number of nitrogens with one attached hydrogen (secondary N) is 2. The maximum absolute atomic E-state index is 12.0. The van der Waals surface area contributed by atoms with Gasteiger partial charge in [-0.25, -0.2) is 0 Å². The Morgan fingerprint density at radius 2 is 2.30 bits per heavy atom. The SMILES string of the molecule is CC[C@H](C)[C@H](N)C(=O)Nc1ccc2c(c1)NC(=O)CO2. The van der Waals surface area contributed by atoms with Gasteiger partial charge >= 0.3 is 0 Å². The number of nitrogens with two attached hydrogens (primary N) is 1. The standard InChI is InChI=1S/C14H19N3O3/c1-3-8(2)13(15)14(19)16-9-4-5-11-10(6-9)17-12(18)7-20-11/h4-6,8,13H,3,7,15H2,1-2H3,(H,16,19)(H,17,18)/t8-,13-/m0/s1. The van der Waals surface area contributed by atoms with E-state index in [2.05, 4.69) is 10.6 Å². The van der Waals surface area contributed by atoms with Crippen molar-refractivity contribution in [2.24, 2.45) is 11.7 Å². The molecule has 20 heavy (non-hydrogen) atoms. The molecule has 108 valence electrons. The summed E-state index contributed by atoms with van der Waals surface area (Å²) in [5.41, 5.74) is 7.01. The van der Waals surface area contributed by atoms with E-state index in [9.17, 15) is 9.59 Å². The van der Waals surface area contributed by atoms with Crippen LogP contribution in [-0.4, -0.2) is 24.5 Å². The average molecular weight is 277 g/mol. The van der Waals surface area contributed by atoms with Gasteiger partial charge in [0.1, 0.15) is 5.75 Å². The number of ether oxygens (including phenoxy) is 1. The third-order valence-electron chi connectivity index (χ3n) is 3.44. The molecule has 0 aromatic heterocycles. The molecule has 0 radical (unpaired) electrons. The fourth-order valence-electron chi connectivity index (χ4n) is 1.90. The molecule has 1 heterocycles. The van der Waals surface area contributed by atoms with Crippen LogP contribution in [0, 0.1) is 5.92 Å². The number of hydrogen-bond acceptors (Lipinski definition) is 4. The Morgan fingerprint density at radius 3 is 3.00 bits per heavy atom. The Hall–Kier alpha value is -2.08. The zero-order valence-electron chi connectivity index (χ0n) is 11.6. The third kappa shape index (κ3) is 3.08. The summed E-state index contributed by atoms with van der Waals surface area (Å²) in [4.78, 5) is 23.2. The number of carbonyl (C=O) groups is 2. The summed E-state index contributed by atoms with van der Waals surface area (Å²) >= 11 is 0. The summed E-state index contributed by atoms with van der Waals surface area (Å²) in [5.74, 6) is 0.254. The summed E-state index contributed by atoms with van der Waals surface area (Å²) in [6, 6.07) is 4.53. The largest absolute Gasteiger partial charge is 0.482 e. The van der Waals surface area contributed by atoms with Crippen LogP contribution in [0.25, 0.3) is 0 Å². The number of anilines is 2. The van der Waals surface area contributed by atoms with Gasteiger partial charge in [-0.15, -0.1) is 0 Å². The van der Waals surface area contributed by atoms with Crippen LogP contribution in [0.2, 0.25) is 0 Å². The van der Waals surface area contributed by atoms with Gasteiger partial charge in [-0.1, -0.05) is 20.3 Å². The molecule has 1 aromatic carbocycles. The number of rotatable bonds is 4. The second-order valence-electron chi connectivity index (χ2n) is 4.95. The lowest BCUT2D eigenvalue weighted by Crippen LogP contribution is -2.40. The summed E-state index contributed by atoms with van der Waals surface area (Å²) in [6.07, 6.45) is 0.836. The van der Waals surface area contributed by atoms with Gasteiger partial charge in [0.05, 0.1) is 11.7 Å². The smallest absolute Gasteiger partial charge is 0.262 e. The predicted octanol–water partition coefficient (Wildman–Crippen LogP) is 1.33. The molecule has 0 aliphatic carbocycles. The van der Waals surface area contributed by atoms with Crippen LogP contribution >= 0.6 is 0 Å². The molecule has 2 amide bonds. The first-order valence-corrected chi connectivity index (χ1v) is 6.64. The molecule has 0 saturated heterocycles. The molecular weight excluding hydrogens is 258 g/mol. The van der Waals surface area contributed by atoms with Gasteiger partial charge in [0, 0.05) is 5.69 Å². The minimum atomic E-state index is -0.554. The quantitative estimate of drug-likeness (QED) is 0.774. The molecule has 2 rings (SSSR count). The van der Waals surface area contributed by atoms with E-state index in [4.69, 9.17) is 10.5 Å². The van der Waals surface area contributed by atoms with Crippen molar-refractivity contribution in [3.8, 4) is 5.75 Å². The molecule has 4 N–H and O–H groups in total. The van der Waals surface area contributed by atoms with E-state index < -0.39 is 6.04 Å². The van der Waals surface area contributed by atoms with E-state index in [0.717, 1.165) is 6.42 Å². The van der Waals surface area contributed by atoms with Crippen LogP contribution in [0.15, 0.2) is 18.2 Å². The Labute approximate surface area is 117 Å². The summed E-state index contributed by atoms with van der Waals surface area (Å²) in [6.45, 7) is 3.94. The van der Waals surface area contributed by atoms with E-state index in [-0.39, 0.29) is 24.3 Å². The minimum Gasteiger partial charge on any atom is -0.482 e. The van der Waals surface area contributed by atoms with Crippen molar-refractivity contribution in [1.29, 1.82) is 0 Å². The number of amides is 2. The lowest BCUT2D eigenvalue weighted by atomic mass is 9.99. The molecule has 6 nitrogen and oxygen atoms in total. The highest BCUT2D eigenvalue weighted by Crippen LogP contribution is 2.30. The molecule has 1 aromatic rings. The highest BCUT2D eigenvalue weighted by Gasteiger charge is 2.21. The maximum Gasteiger partial charge on any atom is 0.262 e. The molecular formula is C14H19N3O3. The lowest BCUT2D eigenvalue weighted by molar-refractivity contribution is -0.119. The summed E-state index contributed by atoms with van der Waals surface area (Å²) < 4.78 is 5.25. The monoisotopic (exact) mass is 277 g/mol. The molecule has 0 unspecified atom stereocenters. The maximum atomic E-state index is 12.0. The number of hydrogen-bond donors (Lipinski definition) is 3. The topological polar surface area (TPSA) is 93.5 Å². The van der Waals surface area contributed by atoms with Crippen molar-refractivity contribution in [1.82, 2.24) is 0 Å². The van der Waals surface area contributed by atoms with Crippen molar-refractivity contribution in [3.63, 3.8) is 0 Å². The summed E-state index contributed by atoms with van der Waals surface area (Å²) in [7, 11) is 0. The Bertz CT molecular complexity index is 530. The second-order valence-corrected chi connectivity index (χ2v) is 4.95. The van der Waals surface area contributed by atoms with Gasteiger partial charge in [-0.2, -0.15) is 0 Å². The fourth-order valence-corrected chi connectivity index (χ4v) is 1.90. The van der Waals surface area contributed by atoms with Crippen LogP contribution in [0.5, 0.6) is 5.75 Å². The van der Waals surface area contributed by atoms with Gasteiger partial charge < -0.3 is 21.1 Å². The molecule has 1 aliphatic heterocycles. The van der Waals surface area contributed by atoms with Gasteiger partial charge in [0.15, 0.2) is 6.61 Å². The highest BCUT2D eigenvalue weighted by molar-refractivity contribution is 5.98. The molecule has 6 heteroatoms. The van der Waals surface area contributed by atoms with Gasteiger partial charge in [0.2, 0.25) is 5.91 Å². The zero-order valence-corrected chi connectivity index (χ0v) is 11.6. The lowest BCUT2D eigenvalue weighted by Gasteiger charge is -2.20. The Balaban J connectivity index is 2.09. The molecule has 2 atom stereocenters. The Morgan fingerprint density at radius 1 is 1.55 bits per heavy atom. The second kappa shape index (κ2) is 5.92. The van der Waals surface area contributed by atoms with E-state index in [1.807, 2.05) is 13.8 Å². The van der Waals surface area contributed by atoms with Gasteiger partial charge in [-0.05, 0) is 24.1 Å². The highest BCUT2D eigenvalue weighted by atomic mass is 16.5. The van der Waals surface area contributed by atoms with Crippen LogP contribution < -0.4 is 21.1 Å². The fraction of sp³-hybridized carbons (Fsp3) is 0.429. The predicted molar refractivity (Wildman–Crippen MR) is 76.6 cm³/mol. The number of benzene rings is 1. The molecule has 0 fully saturated rings. The number of fused-ring (bicyclic) bond motifs is 1. The first-order valence-electron chi connectivity index (χ1n) is 6.64. The average Bonchev–Trinajstić information content (AvgIpc) is 2.45.